The van der Waals surface area contributed by atoms with Crippen molar-refractivity contribution < 1.29 is 14.4 Å². The number of hydrogen-bond acceptors (Lipinski definition) is 5. The number of carbonyl (C=O) groups is 1. The van der Waals surface area contributed by atoms with Crippen molar-refractivity contribution in [2.45, 2.75) is 57.4 Å². The van der Waals surface area contributed by atoms with Gasteiger partial charge < -0.3 is 9.57 Å². The van der Waals surface area contributed by atoms with Crippen LogP contribution in [0, 0.1) is 5.92 Å². The summed E-state index contributed by atoms with van der Waals surface area (Å²) in [6.45, 7) is 5.67. The molecule has 23 heavy (non-hydrogen) atoms. The minimum atomic E-state index is -0.493. The number of fused-ring (bicyclic) bond motifs is 5. The van der Waals surface area contributed by atoms with Crippen molar-refractivity contribution in [1.29, 1.82) is 0 Å². The van der Waals surface area contributed by atoms with E-state index in [2.05, 4.69) is 10.1 Å². The highest BCUT2D eigenvalue weighted by Gasteiger charge is 2.61. The van der Waals surface area contributed by atoms with E-state index in [1.54, 1.807) is 6.20 Å². The zero-order chi connectivity index (χ0) is 16.2. The Kier molecular flexibility index (Phi) is 3.11. The molecule has 6 heteroatoms. The van der Waals surface area contributed by atoms with Gasteiger partial charge >= 0.3 is 6.09 Å². The average Bonchev–Trinajstić information content (AvgIpc) is 3.17. The van der Waals surface area contributed by atoms with Gasteiger partial charge in [0.15, 0.2) is 6.10 Å². The number of amides is 1. The largest absolute Gasteiger partial charge is 0.444 e. The Bertz CT molecular complexity index is 653. The summed E-state index contributed by atoms with van der Waals surface area (Å²) in [6.07, 6.45) is 3.34. The fourth-order valence-electron chi connectivity index (χ4n) is 3.97. The second-order valence-electron chi connectivity index (χ2n) is 7.39. The van der Waals surface area contributed by atoms with E-state index in [1.165, 1.54) is 0 Å². The third kappa shape index (κ3) is 2.28. The van der Waals surface area contributed by atoms with Gasteiger partial charge in [0.2, 0.25) is 0 Å². The summed E-state index contributed by atoms with van der Waals surface area (Å²) in [5.41, 5.74) is 1.19. The predicted molar refractivity (Wildman–Crippen MR) is 84.0 cm³/mol. The van der Waals surface area contributed by atoms with Gasteiger partial charge in [-0.15, -0.1) is 0 Å². The van der Waals surface area contributed by atoms with E-state index in [0.29, 0.717) is 0 Å². The fourth-order valence-corrected chi connectivity index (χ4v) is 3.97. The molecule has 0 unspecified atom stereocenters. The van der Waals surface area contributed by atoms with Crippen LogP contribution < -0.4 is 0 Å². The lowest BCUT2D eigenvalue weighted by Gasteiger charge is -2.28. The summed E-state index contributed by atoms with van der Waals surface area (Å²) in [6, 6.07) is 5.89. The number of pyridine rings is 1. The Morgan fingerprint density at radius 1 is 1.30 bits per heavy atom. The second kappa shape index (κ2) is 4.94. The zero-order valence-electron chi connectivity index (χ0n) is 13.6. The molecule has 1 amide bonds. The third-order valence-corrected chi connectivity index (χ3v) is 4.74. The minimum absolute atomic E-state index is 0.0461. The molecular weight excluding hydrogens is 294 g/mol. The van der Waals surface area contributed by atoms with Gasteiger partial charge in [-0.2, -0.15) is 0 Å². The fraction of sp³-hybridized carbons (Fsp3) is 0.588. The van der Waals surface area contributed by atoms with Crippen LogP contribution in [-0.2, 0) is 9.57 Å². The monoisotopic (exact) mass is 315 g/mol. The van der Waals surface area contributed by atoms with Crippen molar-refractivity contribution in [3.63, 3.8) is 0 Å². The molecule has 4 rings (SSSR count). The Morgan fingerprint density at radius 3 is 2.78 bits per heavy atom. The number of ether oxygens (including phenoxy) is 1. The highest BCUT2D eigenvalue weighted by molar-refractivity contribution is 6.02. The van der Waals surface area contributed by atoms with Gasteiger partial charge in [-0.25, -0.2) is 4.79 Å². The lowest BCUT2D eigenvalue weighted by atomic mass is 9.83. The van der Waals surface area contributed by atoms with Crippen LogP contribution in [0.25, 0.3) is 0 Å². The summed E-state index contributed by atoms with van der Waals surface area (Å²) >= 11 is 0. The van der Waals surface area contributed by atoms with Crippen molar-refractivity contribution in [1.82, 2.24) is 9.88 Å². The summed E-state index contributed by atoms with van der Waals surface area (Å²) in [4.78, 5) is 24.5. The molecule has 2 saturated heterocycles. The molecule has 1 aromatic heterocycles. The molecule has 0 spiro atoms. The van der Waals surface area contributed by atoms with Gasteiger partial charge in [0.1, 0.15) is 11.3 Å². The Labute approximate surface area is 135 Å². The standard InChI is InChI=1S/C17H21N3O3/c1-17(2,3)22-16(21)20-11-7-8-12(20)15-13(11)14(19-23-15)10-6-4-5-9-18-10/h4-6,9,11-13,15H,7-8H2,1-3H3/t11-,12+,13+,15+/m1/s1. The van der Waals surface area contributed by atoms with Crippen LogP contribution in [0.4, 0.5) is 4.79 Å². The van der Waals surface area contributed by atoms with Gasteiger partial charge in [0.05, 0.1) is 17.7 Å². The van der Waals surface area contributed by atoms with E-state index >= 15 is 0 Å². The highest BCUT2D eigenvalue weighted by Crippen LogP contribution is 2.47. The number of nitrogens with zero attached hydrogens (tertiary/aromatic N) is 3. The molecule has 0 radical (unpaired) electrons. The molecule has 4 atom stereocenters. The van der Waals surface area contributed by atoms with Crippen LogP contribution in [0.2, 0.25) is 0 Å². The SMILES string of the molecule is CC(C)(C)OC(=O)N1[C@@H]2CC[C@H]1[C@@H]1ON=C(c3ccccn3)[C@@H]12. The van der Waals surface area contributed by atoms with Crippen LogP contribution in [0.1, 0.15) is 39.3 Å². The quantitative estimate of drug-likeness (QED) is 0.799. The number of aromatic nitrogens is 1. The number of hydrogen-bond donors (Lipinski definition) is 0. The Balaban J connectivity index is 1.60. The van der Waals surface area contributed by atoms with Crippen molar-refractivity contribution in [2.24, 2.45) is 11.1 Å². The molecule has 2 bridgehead atoms. The first kappa shape index (κ1) is 14.5. The van der Waals surface area contributed by atoms with Crippen LogP contribution in [0.3, 0.4) is 0 Å². The molecule has 3 aliphatic rings. The van der Waals surface area contributed by atoms with E-state index in [0.717, 1.165) is 24.2 Å². The lowest BCUT2D eigenvalue weighted by Crippen LogP contribution is -2.42. The first-order valence-electron chi connectivity index (χ1n) is 8.12. The normalized spacial score (nSPS) is 31.6. The maximum Gasteiger partial charge on any atom is 0.410 e. The van der Waals surface area contributed by atoms with Gasteiger partial charge in [0.25, 0.3) is 0 Å². The van der Waals surface area contributed by atoms with Gasteiger partial charge in [0, 0.05) is 12.2 Å². The summed E-state index contributed by atoms with van der Waals surface area (Å²) < 4.78 is 5.58. The predicted octanol–water partition coefficient (Wildman–Crippen LogP) is 2.58. The lowest BCUT2D eigenvalue weighted by molar-refractivity contribution is 0.00793. The number of carbonyl (C=O) groups excluding carboxylic acids is 1. The molecular formula is C17H21N3O3. The number of oxime groups is 1. The van der Waals surface area contributed by atoms with E-state index < -0.39 is 5.60 Å². The highest BCUT2D eigenvalue weighted by atomic mass is 16.6. The minimum Gasteiger partial charge on any atom is -0.444 e. The topological polar surface area (TPSA) is 64.0 Å². The first-order valence-corrected chi connectivity index (χ1v) is 8.12. The molecule has 6 nitrogen and oxygen atoms in total. The van der Waals surface area contributed by atoms with E-state index in [9.17, 15) is 4.79 Å². The summed E-state index contributed by atoms with van der Waals surface area (Å²) in [5.74, 6) is 0.0937. The smallest absolute Gasteiger partial charge is 0.410 e. The van der Waals surface area contributed by atoms with Crippen molar-refractivity contribution in [3.8, 4) is 0 Å². The Morgan fingerprint density at radius 2 is 2.09 bits per heavy atom. The molecule has 2 fully saturated rings. The van der Waals surface area contributed by atoms with Crippen LogP contribution in [0.5, 0.6) is 0 Å². The first-order chi connectivity index (χ1) is 11.0. The molecule has 0 saturated carbocycles. The number of rotatable bonds is 1. The maximum absolute atomic E-state index is 12.6. The summed E-state index contributed by atoms with van der Waals surface area (Å²) in [7, 11) is 0. The molecule has 0 aromatic carbocycles. The summed E-state index contributed by atoms with van der Waals surface area (Å²) in [5, 5.41) is 4.28. The zero-order valence-corrected chi connectivity index (χ0v) is 13.6. The van der Waals surface area contributed by atoms with E-state index in [1.807, 2.05) is 43.9 Å². The van der Waals surface area contributed by atoms with Crippen molar-refractivity contribution in [2.75, 3.05) is 0 Å². The molecule has 0 aliphatic carbocycles. The van der Waals surface area contributed by atoms with E-state index in [4.69, 9.17) is 9.57 Å². The van der Waals surface area contributed by atoms with Gasteiger partial charge in [-0.05, 0) is 45.7 Å². The van der Waals surface area contributed by atoms with Crippen LogP contribution in [-0.4, -0.2) is 45.5 Å². The van der Waals surface area contributed by atoms with Crippen molar-refractivity contribution in [3.05, 3.63) is 30.1 Å². The van der Waals surface area contributed by atoms with Crippen LogP contribution >= 0.6 is 0 Å². The third-order valence-electron chi connectivity index (χ3n) is 4.74. The molecule has 122 valence electrons. The van der Waals surface area contributed by atoms with E-state index in [-0.39, 0.29) is 30.2 Å². The van der Waals surface area contributed by atoms with Gasteiger partial charge in [-0.3, -0.25) is 9.88 Å². The molecule has 4 heterocycles. The van der Waals surface area contributed by atoms with Crippen LogP contribution in [0.15, 0.2) is 29.6 Å². The van der Waals surface area contributed by atoms with Gasteiger partial charge in [-0.1, -0.05) is 11.2 Å². The molecule has 1 aromatic rings. The average molecular weight is 315 g/mol. The second-order valence-corrected chi connectivity index (χ2v) is 7.39. The Hall–Kier alpha value is -2.11. The maximum atomic E-state index is 12.6. The van der Waals surface area contributed by atoms with Crippen molar-refractivity contribution >= 4 is 11.8 Å². The molecule has 0 N–H and O–H groups in total. The molecule has 3 aliphatic heterocycles.